The normalized spacial score (nSPS) is 11.0. The lowest BCUT2D eigenvalue weighted by atomic mass is 10.4. The molecule has 0 aromatic carbocycles. The number of nitrogens with one attached hydrogen (secondary N) is 1. The third-order valence-corrected chi connectivity index (χ3v) is 3.97. The van der Waals surface area contributed by atoms with Crippen molar-refractivity contribution in [2.75, 3.05) is 20.3 Å². The maximum Gasteiger partial charge on any atom is 0.331 e. The standard InChI is InChI=1S/C13H17N3O4S/c1-3-15-12(18)11-9(4-7-21-11)16(13(15)19)8-10(17)14-5-6-20-2/h4,7H,3,5-6,8H2,1-2H3,(H,14,17). The van der Waals surface area contributed by atoms with Crippen LogP contribution in [-0.2, 0) is 22.6 Å². The Labute approximate surface area is 124 Å². The van der Waals surface area contributed by atoms with Crippen molar-refractivity contribution in [3.8, 4) is 0 Å². The first-order valence-electron chi connectivity index (χ1n) is 6.56. The highest BCUT2D eigenvalue weighted by atomic mass is 32.1. The van der Waals surface area contributed by atoms with Crippen molar-refractivity contribution in [1.29, 1.82) is 0 Å². The van der Waals surface area contributed by atoms with Gasteiger partial charge in [0.1, 0.15) is 11.2 Å². The van der Waals surface area contributed by atoms with Crippen LogP contribution < -0.4 is 16.6 Å². The predicted octanol–water partition coefficient (Wildman–Crippen LogP) is 0.00720. The van der Waals surface area contributed by atoms with E-state index in [9.17, 15) is 14.4 Å². The van der Waals surface area contributed by atoms with Gasteiger partial charge < -0.3 is 10.1 Å². The summed E-state index contributed by atoms with van der Waals surface area (Å²) < 4.78 is 7.81. The lowest BCUT2D eigenvalue weighted by Crippen LogP contribution is -2.42. The highest BCUT2D eigenvalue weighted by Gasteiger charge is 2.15. The number of hydrogen-bond acceptors (Lipinski definition) is 5. The van der Waals surface area contributed by atoms with E-state index in [1.54, 1.807) is 25.5 Å². The zero-order chi connectivity index (χ0) is 15.4. The van der Waals surface area contributed by atoms with E-state index < -0.39 is 5.69 Å². The Hall–Kier alpha value is -1.93. The maximum atomic E-state index is 12.3. The molecule has 0 aliphatic carbocycles. The molecule has 2 aromatic heterocycles. The molecule has 21 heavy (non-hydrogen) atoms. The Morgan fingerprint density at radius 3 is 2.81 bits per heavy atom. The van der Waals surface area contributed by atoms with E-state index in [0.29, 0.717) is 23.4 Å². The molecular formula is C13H17N3O4S. The fraction of sp³-hybridized carbons (Fsp3) is 0.462. The molecule has 2 heterocycles. The van der Waals surface area contributed by atoms with E-state index in [1.807, 2.05) is 0 Å². The zero-order valence-corrected chi connectivity index (χ0v) is 12.7. The molecule has 0 atom stereocenters. The smallest absolute Gasteiger partial charge is 0.331 e. The summed E-state index contributed by atoms with van der Waals surface area (Å²) in [6, 6.07) is 1.69. The number of carbonyl (C=O) groups excluding carboxylic acids is 1. The van der Waals surface area contributed by atoms with Gasteiger partial charge in [0.2, 0.25) is 5.91 Å². The van der Waals surface area contributed by atoms with Gasteiger partial charge >= 0.3 is 5.69 Å². The molecule has 114 valence electrons. The maximum absolute atomic E-state index is 12.3. The van der Waals surface area contributed by atoms with Crippen molar-refractivity contribution < 1.29 is 9.53 Å². The number of amides is 1. The quantitative estimate of drug-likeness (QED) is 0.762. The zero-order valence-electron chi connectivity index (χ0n) is 11.9. The molecule has 0 bridgehead atoms. The Morgan fingerprint density at radius 1 is 1.38 bits per heavy atom. The fourth-order valence-electron chi connectivity index (χ4n) is 2.06. The van der Waals surface area contributed by atoms with E-state index in [4.69, 9.17) is 4.74 Å². The average molecular weight is 311 g/mol. The number of hydrogen-bond donors (Lipinski definition) is 1. The molecule has 1 N–H and O–H groups in total. The van der Waals surface area contributed by atoms with Crippen molar-refractivity contribution in [3.63, 3.8) is 0 Å². The molecule has 0 spiro atoms. The van der Waals surface area contributed by atoms with Crippen molar-refractivity contribution >= 4 is 27.5 Å². The molecule has 0 aliphatic heterocycles. The Morgan fingerprint density at radius 2 is 2.14 bits per heavy atom. The van der Waals surface area contributed by atoms with E-state index in [-0.39, 0.29) is 24.6 Å². The van der Waals surface area contributed by atoms with Gasteiger partial charge in [-0.05, 0) is 18.4 Å². The summed E-state index contributed by atoms with van der Waals surface area (Å²) in [6.45, 7) is 2.67. The van der Waals surface area contributed by atoms with E-state index >= 15 is 0 Å². The van der Waals surface area contributed by atoms with Crippen LogP contribution in [-0.4, -0.2) is 35.3 Å². The van der Waals surface area contributed by atoms with Crippen LogP contribution in [0.2, 0.25) is 0 Å². The van der Waals surface area contributed by atoms with Crippen LogP contribution in [0.1, 0.15) is 6.92 Å². The first-order valence-corrected chi connectivity index (χ1v) is 7.44. The van der Waals surface area contributed by atoms with E-state index in [2.05, 4.69) is 5.32 Å². The Kier molecular flexibility index (Phi) is 4.92. The lowest BCUT2D eigenvalue weighted by Gasteiger charge is -2.11. The molecule has 0 saturated heterocycles. The van der Waals surface area contributed by atoms with Gasteiger partial charge in [-0.2, -0.15) is 0 Å². The number of fused-ring (bicyclic) bond motifs is 1. The van der Waals surface area contributed by atoms with Crippen molar-refractivity contribution in [1.82, 2.24) is 14.5 Å². The molecule has 8 heteroatoms. The van der Waals surface area contributed by atoms with Gasteiger partial charge in [-0.15, -0.1) is 11.3 Å². The molecular weight excluding hydrogens is 294 g/mol. The molecule has 1 amide bonds. The fourth-order valence-corrected chi connectivity index (χ4v) is 2.90. The average Bonchev–Trinajstić information content (AvgIpc) is 2.94. The first kappa shape index (κ1) is 15.5. The van der Waals surface area contributed by atoms with Crippen LogP contribution in [0.5, 0.6) is 0 Å². The SMILES string of the molecule is CCn1c(=O)c2sccc2n(CC(=O)NCCOC)c1=O. The highest BCUT2D eigenvalue weighted by Crippen LogP contribution is 2.14. The number of aromatic nitrogens is 2. The largest absolute Gasteiger partial charge is 0.383 e. The number of nitrogens with zero attached hydrogens (tertiary/aromatic N) is 2. The molecule has 2 aromatic rings. The van der Waals surface area contributed by atoms with Crippen molar-refractivity contribution in [2.45, 2.75) is 20.0 Å². The number of ether oxygens (including phenoxy) is 1. The second kappa shape index (κ2) is 6.68. The van der Waals surface area contributed by atoms with Crippen LogP contribution in [0.3, 0.4) is 0 Å². The minimum Gasteiger partial charge on any atom is -0.383 e. The topological polar surface area (TPSA) is 82.3 Å². The lowest BCUT2D eigenvalue weighted by molar-refractivity contribution is -0.121. The van der Waals surface area contributed by atoms with Crippen LogP contribution in [0.4, 0.5) is 0 Å². The third-order valence-electron chi connectivity index (χ3n) is 3.08. The minimum atomic E-state index is -0.463. The Balaban J connectivity index is 2.39. The van der Waals surface area contributed by atoms with Crippen LogP contribution in [0.15, 0.2) is 21.0 Å². The van der Waals surface area contributed by atoms with E-state index in [0.717, 1.165) is 4.57 Å². The minimum absolute atomic E-state index is 0.115. The molecule has 0 radical (unpaired) electrons. The molecule has 0 aliphatic rings. The van der Waals surface area contributed by atoms with Gasteiger partial charge in [0, 0.05) is 20.2 Å². The Bertz CT molecular complexity index is 759. The van der Waals surface area contributed by atoms with Crippen molar-refractivity contribution in [3.05, 3.63) is 32.3 Å². The number of rotatable bonds is 6. The third kappa shape index (κ3) is 3.06. The van der Waals surface area contributed by atoms with Crippen LogP contribution >= 0.6 is 11.3 Å². The summed E-state index contributed by atoms with van der Waals surface area (Å²) >= 11 is 1.27. The van der Waals surface area contributed by atoms with Crippen molar-refractivity contribution in [2.24, 2.45) is 0 Å². The van der Waals surface area contributed by atoms with Gasteiger partial charge in [-0.25, -0.2) is 4.79 Å². The van der Waals surface area contributed by atoms with E-state index in [1.165, 1.54) is 15.9 Å². The predicted molar refractivity (Wildman–Crippen MR) is 80.9 cm³/mol. The molecule has 0 saturated carbocycles. The summed E-state index contributed by atoms with van der Waals surface area (Å²) in [5.74, 6) is -0.289. The first-order chi connectivity index (χ1) is 10.1. The highest BCUT2D eigenvalue weighted by molar-refractivity contribution is 7.17. The summed E-state index contributed by atoms with van der Waals surface area (Å²) in [7, 11) is 1.54. The number of methoxy groups -OCH3 is 1. The number of thiophene rings is 1. The van der Waals surface area contributed by atoms with Gasteiger partial charge in [-0.1, -0.05) is 0 Å². The molecule has 7 nitrogen and oxygen atoms in total. The van der Waals surface area contributed by atoms with Gasteiger partial charge in [-0.3, -0.25) is 18.7 Å². The summed E-state index contributed by atoms with van der Waals surface area (Å²) in [5, 5.41) is 4.40. The summed E-state index contributed by atoms with van der Waals surface area (Å²) in [5.41, 5.74) is -0.263. The number of carbonyl (C=O) groups is 1. The van der Waals surface area contributed by atoms with Gasteiger partial charge in [0.05, 0.1) is 12.1 Å². The second-order valence-electron chi connectivity index (χ2n) is 4.40. The van der Waals surface area contributed by atoms with Gasteiger partial charge in [0.15, 0.2) is 0 Å². The summed E-state index contributed by atoms with van der Waals surface area (Å²) in [4.78, 5) is 36.3. The van der Waals surface area contributed by atoms with Crippen LogP contribution in [0.25, 0.3) is 10.2 Å². The van der Waals surface area contributed by atoms with Gasteiger partial charge in [0.25, 0.3) is 5.56 Å². The van der Waals surface area contributed by atoms with Crippen LogP contribution in [0, 0.1) is 0 Å². The summed E-state index contributed by atoms with van der Waals surface area (Å²) in [6.07, 6.45) is 0. The monoisotopic (exact) mass is 311 g/mol. The second-order valence-corrected chi connectivity index (χ2v) is 5.31. The molecule has 0 fully saturated rings. The molecule has 2 rings (SSSR count). The molecule has 0 unspecified atom stereocenters.